The van der Waals surface area contributed by atoms with Gasteiger partial charge in [-0.05, 0) is 47.7 Å². The summed E-state index contributed by atoms with van der Waals surface area (Å²) in [7, 11) is -3.46. The highest BCUT2D eigenvalue weighted by atomic mass is 79.9. The Kier molecular flexibility index (Phi) is 6.59. The standard InChI is InChI=1S/C17H17Br2NO2S/c1-13-6-8-16(9-7-13)23(21,22)20-11-10-15(18)12-14-4-2-3-5-17(14)19/h2-9,12,20H,10-11H2,1H3/b15-12+. The summed E-state index contributed by atoms with van der Waals surface area (Å²) in [5.74, 6) is 0. The van der Waals surface area contributed by atoms with E-state index in [2.05, 4.69) is 36.6 Å². The zero-order chi connectivity index (χ0) is 16.9. The quantitative estimate of drug-likeness (QED) is 0.671. The molecule has 6 heteroatoms. The van der Waals surface area contributed by atoms with Crippen molar-refractivity contribution in [2.24, 2.45) is 0 Å². The Hall–Kier alpha value is -0.950. The van der Waals surface area contributed by atoms with E-state index in [-0.39, 0.29) is 4.90 Å². The van der Waals surface area contributed by atoms with Crippen LogP contribution in [0, 0.1) is 6.92 Å². The van der Waals surface area contributed by atoms with Gasteiger partial charge in [0.25, 0.3) is 0 Å². The second kappa shape index (κ2) is 8.24. The number of nitrogens with one attached hydrogen (secondary N) is 1. The largest absolute Gasteiger partial charge is 0.240 e. The van der Waals surface area contributed by atoms with E-state index in [9.17, 15) is 8.42 Å². The van der Waals surface area contributed by atoms with Crippen LogP contribution in [0.3, 0.4) is 0 Å². The van der Waals surface area contributed by atoms with Crippen molar-refractivity contribution in [2.45, 2.75) is 18.2 Å². The molecule has 0 bridgehead atoms. The first kappa shape index (κ1) is 18.4. The first-order valence-corrected chi connectivity index (χ1v) is 10.1. The van der Waals surface area contributed by atoms with Gasteiger partial charge in [0.05, 0.1) is 4.90 Å². The fourth-order valence-corrected chi connectivity index (χ4v) is 3.81. The average Bonchev–Trinajstić information content (AvgIpc) is 2.50. The predicted molar refractivity (Wildman–Crippen MR) is 102 cm³/mol. The first-order chi connectivity index (χ1) is 10.9. The molecule has 0 aliphatic carbocycles. The second-order valence-electron chi connectivity index (χ2n) is 5.07. The highest BCUT2D eigenvalue weighted by Gasteiger charge is 2.12. The molecule has 1 N–H and O–H groups in total. The maximum absolute atomic E-state index is 12.2. The van der Waals surface area contributed by atoms with E-state index in [1.54, 1.807) is 24.3 Å². The van der Waals surface area contributed by atoms with E-state index in [1.807, 2.05) is 37.3 Å². The number of aryl methyl sites for hydroxylation is 1. The molecule has 0 aliphatic rings. The van der Waals surface area contributed by atoms with E-state index in [1.165, 1.54) is 0 Å². The highest BCUT2D eigenvalue weighted by molar-refractivity contribution is 9.11. The Balaban J connectivity index is 1.96. The van der Waals surface area contributed by atoms with Gasteiger partial charge in [0, 0.05) is 11.0 Å². The molecule has 23 heavy (non-hydrogen) atoms. The number of sulfonamides is 1. The lowest BCUT2D eigenvalue weighted by molar-refractivity contribution is 0.582. The van der Waals surface area contributed by atoms with E-state index in [0.717, 1.165) is 20.1 Å². The van der Waals surface area contributed by atoms with Crippen LogP contribution >= 0.6 is 31.9 Å². The molecule has 2 rings (SSSR count). The van der Waals surface area contributed by atoms with E-state index in [4.69, 9.17) is 0 Å². The zero-order valence-electron chi connectivity index (χ0n) is 12.6. The molecule has 0 aliphatic heterocycles. The van der Waals surface area contributed by atoms with Gasteiger partial charge in [-0.1, -0.05) is 67.8 Å². The van der Waals surface area contributed by atoms with Gasteiger partial charge in [0.1, 0.15) is 0 Å². The lowest BCUT2D eigenvalue weighted by atomic mass is 10.2. The molecule has 2 aromatic rings. The molecule has 2 aromatic carbocycles. The molecular weight excluding hydrogens is 442 g/mol. The van der Waals surface area contributed by atoms with Crippen LogP contribution in [0.5, 0.6) is 0 Å². The summed E-state index contributed by atoms with van der Waals surface area (Å²) < 4.78 is 28.9. The lowest BCUT2D eigenvalue weighted by Gasteiger charge is -2.07. The Morgan fingerprint density at radius 1 is 1.13 bits per heavy atom. The van der Waals surface area contributed by atoms with Crippen molar-refractivity contribution in [3.8, 4) is 0 Å². The minimum absolute atomic E-state index is 0.286. The van der Waals surface area contributed by atoms with Gasteiger partial charge >= 0.3 is 0 Å². The minimum atomic E-state index is -3.46. The predicted octanol–water partition coefficient (Wildman–Crippen LogP) is 4.86. The Morgan fingerprint density at radius 2 is 1.78 bits per heavy atom. The van der Waals surface area contributed by atoms with Gasteiger partial charge in [-0.15, -0.1) is 0 Å². The molecule has 0 fully saturated rings. The summed E-state index contributed by atoms with van der Waals surface area (Å²) in [6.45, 7) is 2.26. The number of halogens is 2. The molecule has 0 saturated heterocycles. The van der Waals surface area contributed by atoms with Crippen LogP contribution in [0.25, 0.3) is 6.08 Å². The van der Waals surface area contributed by atoms with Gasteiger partial charge in [-0.25, -0.2) is 13.1 Å². The van der Waals surface area contributed by atoms with Crippen molar-refractivity contribution in [1.82, 2.24) is 4.72 Å². The molecule has 0 unspecified atom stereocenters. The summed E-state index contributed by atoms with van der Waals surface area (Å²) in [6, 6.07) is 14.7. The van der Waals surface area contributed by atoms with Gasteiger partial charge in [0.15, 0.2) is 0 Å². The van der Waals surface area contributed by atoms with Crippen LogP contribution in [0.1, 0.15) is 17.5 Å². The molecule has 0 heterocycles. The Labute approximate surface area is 154 Å². The fourth-order valence-electron chi connectivity index (χ4n) is 1.94. The summed E-state index contributed by atoms with van der Waals surface area (Å²) in [4.78, 5) is 0.286. The molecule has 0 aromatic heterocycles. The highest BCUT2D eigenvalue weighted by Crippen LogP contribution is 2.22. The molecule has 0 saturated carbocycles. The van der Waals surface area contributed by atoms with Crippen molar-refractivity contribution in [1.29, 1.82) is 0 Å². The smallest absolute Gasteiger partial charge is 0.211 e. The minimum Gasteiger partial charge on any atom is -0.211 e. The van der Waals surface area contributed by atoms with Crippen molar-refractivity contribution < 1.29 is 8.42 Å². The second-order valence-corrected chi connectivity index (χ2v) is 8.71. The Morgan fingerprint density at radius 3 is 2.43 bits per heavy atom. The summed E-state index contributed by atoms with van der Waals surface area (Å²) in [6.07, 6.45) is 2.55. The van der Waals surface area contributed by atoms with Crippen LogP contribution in [-0.2, 0) is 10.0 Å². The van der Waals surface area contributed by atoms with Crippen LogP contribution in [-0.4, -0.2) is 15.0 Å². The van der Waals surface area contributed by atoms with Crippen molar-refractivity contribution in [3.63, 3.8) is 0 Å². The van der Waals surface area contributed by atoms with Crippen LogP contribution in [0.15, 0.2) is 62.4 Å². The maximum atomic E-state index is 12.2. The van der Waals surface area contributed by atoms with Crippen LogP contribution in [0.2, 0.25) is 0 Å². The summed E-state index contributed by atoms with van der Waals surface area (Å²) >= 11 is 6.97. The van der Waals surface area contributed by atoms with E-state index in [0.29, 0.717) is 13.0 Å². The van der Waals surface area contributed by atoms with Crippen molar-refractivity contribution in [3.05, 3.63) is 68.6 Å². The molecule has 0 amide bonds. The average molecular weight is 459 g/mol. The van der Waals surface area contributed by atoms with Crippen LogP contribution in [0.4, 0.5) is 0 Å². The topological polar surface area (TPSA) is 46.2 Å². The lowest BCUT2D eigenvalue weighted by Crippen LogP contribution is -2.24. The third-order valence-electron chi connectivity index (χ3n) is 3.20. The fraction of sp³-hybridized carbons (Fsp3) is 0.176. The van der Waals surface area contributed by atoms with Crippen molar-refractivity contribution in [2.75, 3.05) is 6.54 Å². The van der Waals surface area contributed by atoms with Gasteiger partial charge in [-0.2, -0.15) is 0 Å². The monoisotopic (exact) mass is 457 g/mol. The number of hydrogen-bond donors (Lipinski definition) is 1. The molecule has 0 spiro atoms. The molecule has 0 radical (unpaired) electrons. The maximum Gasteiger partial charge on any atom is 0.240 e. The van der Waals surface area contributed by atoms with Crippen LogP contribution < -0.4 is 4.72 Å². The first-order valence-electron chi connectivity index (χ1n) is 7.05. The van der Waals surface area contributed by atoms with E-state index >= 15 is 0 Å². The number of rotatable bonds is 6. The summed E-state index contributed by atoms with van der Waals surface area (Å²) in [5.41, 5.74) is 2.07. The Bertz CT molecular complexity index is 800. The molecule has 3 nitrogen and oxygen atoms in total. The SMILES string of the molecule is Cc1ccc(S(=O)(=O)NCC/C(Br)=C\c2ccccc2Br)cc1. The zero-order valence-corrected chi connectivity index (χ0v) is 16.6. The third kappa shape index (κ3) is 5.57. The molecule has 122 valence electrons. The normalized spacial score (nSPS) is 12.4. The van der Waals surface area contributed by atoms with E-state index < -0.39 is 10.0 Å². The summed E-state index contributed by atoms with van der Waals surface area (Å²) in [5, 5.41) is 0. The van der Waals surface area contributed by atoms with Gasteiger partial charge in [-0.3, -0.25) is 0 Å². The van der Waals surface area contributed by atoms with Crippen molar-refractivity contribution >= 4 is 48.0 Å². The molecular formula is C17H17Br2NO2S. The van der Waals surface area contributed by atoms with Gasteiger partial charge < -0.3 is 0 Å². The number of benzene rings is 2. The third-order valence-corrected chi connectivity index (χ3v) is 6.03. The van der Waals surface area contributed by atoms with Gasteiger partial charge in [0.2, 0.25) is 10.0 Å². The molecule has 0 atom stereocenters. The number of hydrogen-bond acceptors (Lipinski definition) is 2.